The number of aryl methyl sites for hydroxylation is 2. The van der Waals surface area contributed by atoms with Gasteiger partial charge in [0.25, 0.3) is 5.91 Å². The summed E-state index contributed by atoms with van der Waals surface area (Å²) in [5, 5.41) is 3.23. The molecule has 0 aromatic carbocycles. The highest BCUT2D eigenvalue weighted by Crippen LogP contribution is 2.30. The molecule has 1 aliphatic heterocycles. The molecule has 1 aromatic heterocycles. The Morgan fingerprint density at radius 1 is 1.33 bits per heavy atom. The summed E-state index contributed by atoms with van der Waals surface area (Å²) in [6.45, 7) is 2.86. The molecule has 3 rings (SSSR count). The molecule has 2 heterocycles. The van der Waals surface area contributed by atoms with Crippen molar-refractivity contribution in [2.75, 3.05) is 26.7 Å². The first-order valence-electron chi connectivity index (χ1n) is 8.33. The van der Waals surface area contributed by atoms with E-state index >= 15 is 0 Å². The van der Waals surface area contributed by atoms with Gasteiger partial charge in [-0.05, 0) is 63.2 Å². The number of nitrogens with one attached hydrogen (secondary N) is 1. The van der Waals surface area contributed by atoms with E-state index in [2.05, 4.69) is 16.3 Å². The SMILES string of the molecule is CNCC1CCN(C(=O)c2cc3c(s2)CCCCCC3)C1. The van der Waals surface area contributed by atoms with Gasteiger partial charge in [0, 0.05) is 18.0 Å². The van der Waals surface area contributed by atoms with E-state index in [1.807, 2.05) is 7.05 Å². The average Bonchev–Trinajstić information content (AvgIpc) is 3.06. The minimum absolute atomic E-state index is 0.269. The molecule has 116 valence electrons. The summed E-state index contributed by atoms with van der Waals surface area (Å²) in [5.74, 6) is 0.894. The van der Waals surface area contributed by atoms with Crippen LogP contribution in [0.25, 0.3) is 0 Å². The number of hydrogen-bond donors (Lipinski definition) is 1. The van der Waals surface area contributed by atoms with Crippen molar-refractivity contribution >= 4 is 17.2 Å². The Hall–Kier alpha value is -0.870. The fourth-order valence-corrected chi connectivity index (χ4v) is 4.80. The van der Waals surface area contributed by atoms with Gasteiger partial charge in [0.05, 0.1) is 4.88 Å². The fourth-order valence-electron chi connectivity index (χ4n) is 3.58. The second kappa shape index (κ2) is 6.93. The lowest BCUT2D eigenvalue weighted by atomic mass is 10.00. The number of amides is 1. The van der Waals surface area contributed by atoms with E-state index in [-0.39, 0.29) is 5.91 Å². The third kappa shape index (κ3) is 3.49. The molecule has 3 nitrogen and oxygen atoms in total. The summed E-state index contributed by atoms with van der Waals surface area (Å²) < 4.78 is 0. The topological polar surface area (TPSA) is 32.3 Å². The number of hydrogen-bond acceptors (Lipinski definition) is 3. The van der Waals surface area contributed by atoms with Gasteiger partial charge in [0.2, 0.25) is 0 Å². The summed E-state index contributed by atoms with van der Waals surface area (Å²) >= 11 is 1.76. The van der Waals surface area contributed by atoms with Crippen LogP contribution >= 0.6 is 11.3 Å². The van der Waals surface area contributed by atoms with E-state index in [4.69, 9.17) is 0 Å². The quantitative estimate of drug-likeness (QED) is 0.931. The smallest absolute Gasteiger partial charge is 0.263 e. The Morgan fingerprint density at radius 3 is 2.95 bits per heavy atom. The molecule has 2 aliphatic rings. The van der Waals surface area contributed by atoms with Gasteiger partial charge in [-0.2, -0.15) is 0 Å². The number of rotatable bonds is 3. The van der Waals surface area contributed by atoms with Crippen LogP contribution in [0.5, 0.6) is 0 Å². The predicted octanol–water partition coefficient (Wildman–Crippen LogP) is 3.09. The lowest BCUT2D eigenvalue weighted by Crippen LogP contribution is -2.29. The average molecular weight is 306 g/mol. The lowest BCUT2D eigenvalue weighted by molar-refractivity contribution is 0.0792. The van der Waals surface area contributed by atoms with Crippen LogP contribution in [0.4, 0.5) is 0 Å². The van der Waals surface area contributed by atoms with Gasteiger partial charge in [0.1, 0.15) is 0 Å². The third-order valence-electron chi connectivity index (χ3n) is 4.77. The maximum Gasteiger partial charge on any atom is 0.263 e. The number of thiophene rings is 1. The van der Waals surface area contributed by atoms with Crippen molar-refractivity contribution < 1.29 is 4.79 Å². The van der Waals surface area contributed by atoms with Crippen LogP contribution in [0.1, 0.15) is 52.2 Å². The van der Waals surface area contributed by atoms with Gasteiger partial charge in [-0.3, -0.25) is 4.79 Å². The minimum atomic E-state index is 0.269. The van der Waals surface area contributed by atoms with Crippen LogP contribution in [0.2, 0.25) is 0 Å². The highest BCUT2D eigenvalue weighted by Gasteiger charge is 2.28. The highest BCUT2D eigenvalue weighted by molar-refractivity contribution is 7.14. The molecular weight excluding hydrogens is 280 g/mol. The maximum atomic E-state index is 12.7. The van der Waals surface area contributed by atoms with Crippen LogP contribution in [0, 0.1) is 5.92 Å². The van der Waals surface area contributed by atoms with Gasteiger partial charge in [-0.25, -0.2) is 0 Å². The van der Waals surface area contributed by atoms with E-state index in [1.165, 1.54) is 49.0 Å². The van der Waals surface area contributed by atoms with Crippen molar-refractivity contribution in [3.8, 4) is 0 Å². The molecule has 0 bridgehead atoms. The van der Waals surface area contributed by atoms with Crippen molar-refractivity contribution in [1.82, 2.24) is 10.2 Å². The number of likely N-dealkylation sites (tertiary alicyclic amines) is 1. The molecule has 1 amide bonds. The van der Waals surface area contributed by atoms with Crippen LogP contribution in [-0.4, -0.2) is 37.5 Å². The third-order valence-corrected chi connectivity index (χ3v) is 6.00. The van der Waals surface area contributed by atoms with Gasteiger partial charge in [-0.1, -0.05) is 12.8 Å². The number of nitrogens with zero attached hydrogens (tertiary/aromatic N) is 1. The Balaban J connectivity index is 1.69. The summed E-state index contributed by atoms with van der Waals surface area (Å²) in [5.41, 5.74) is 1.45. The zero-order chi connectivity index (χ0) is 14.7. The Labute approximate surface area is 131 Å². The lowest BCUT2D eigenvalue weighted by Gasteiger charge is -2.15. The zero-order valence-electron chi connectivity index (χ0n) is 13.0. The molecule has 1 N–H and O–H groups in total. The fraction of sp³-hybridized carbons (Fsp3) is 0.706. The zero-order valence-corrected chi connectivity index (χ0v) is 13.8. The molecule has 1 atom stereocenters. The predicted molar refractivity (Wildman–Crippen MR) is 88.1 cm³/mol. The Kier molecular flexibility index (Phi) is 4.96. The normalized spacial score (nSPS) is 22.7. The molecule has 0 radical (unpaired) electrons. The molecule has 1 fully saturated rings. The summed E-state index contributed by atoms with van der Waals surface area (Å²) in [4.78, 5) is 17.2. The van der Waals surface area contributed by atoms with Crippen molar-refractivity contribution in [3.05, 3.63) is 21.4 Å². The van der Waals surface area contributed by atoms with E-state index < -0.39 is 0 Å². The molecule has 0 spiro atoms. The molecule has 4 heteroatoms. The van der Waals surface area contributed by atoms with Crippen LogP contribution in [0.15, 0.2) is 6.07 Å². The van der Waals surface area contributed by atoms with Crippen molar-refractivity contribution in [3.63, 3.8) is 0 Å². The summed E-state index contributed by atoms with van der Waals surface area (Å²) in [7, 11) is 1.99. The summed E-state index contributed by atoms with van der Waals surface area (Å²) in [6.07, 6.45) is 8.74. The second-order valence-electron chi connectivity index (χ2n) is 6.44. The molecule has 1 saturated heterocycles. The minimum Gasteiger partial charge on any atom is -0.338 e. The first kappa shape index (κ1) is 15.0. The van der Waals surface area contributed by atoms with Gasteiger partial charge in [-0.15, -0.1) is 11.3 Å². The molecule has 1 aromatic rings. The van der Waals surface area contributed by atoms with Gasteiger partial charge >= 0.3 is 0 Å². The maximum absolute atomic E-state index is 12.7. The molecule has 21 heavy (non-hydrogen) atoms. The largest absolute Gasteiger partial charge is 0.338 e. The number of fused-ring (bicyclic) bond motifs is 1. The molecule has 1 unspecified atom stereocenters. The second-order valence-corrected chi connectivity index (χ2v) is 7.57. The summed E-state index contributed by atoms with van der Waals surface area (Å²) in [6, 6.07) is 2.19. The van der Waals surface area contributed by atoms with E-state index in [9.17, 15) is 4.79 Å². The van der Waals surface area contributed by atoms with Crippen molar-refractivity contribution in [2.24, 2.45) is 5.92 Å². The first-order chi connectivity index (χ1) is 10.3. The van der Waals surface area contributed by atoms with Gasteiger partial charge < -0.3 is 10.2 Å². The number of carbonyl (C=O) groups excluding carboxylic acids is 1. The van der Waals surface area contributed by atoms with Crippen LogP contribution in [0.3, 0.4) is 0 Å². The van der Waals surface area contributed by atoms with E-state index in [1.54, 1.807) is 11.3 Å². The van der Waals surface area contributed by atoms with E-state index in [0.29, 0.717) is 5.92 Å². The van der Waals surface area contributed by atoms with Crippen LogP contribution < -0.4 is 5.32 Å². The molecular formula is C17H26N2OS. The van der Waals surface area contributed by atoms with Gasteiger partial charge in [0.15, 0.2) is 0 Å². The highest BCUT2D eigenvalue weighted by atomic mass is 32.1. The molecule has 0 saturated carbocycles. The first-order valence-corrected chi connectivity index (χ1v) is 9.15. The standard InChI is InChI=1S/C17H26N2OS/c1-18-11-13-8-9-19(12-13)17(20)16-10-14-6-4-2-3-5-7-15(14)21-16/h10,13,18H,2-9,11-12H2,1H3. The number of carbonyl (C=O) groups is 1. The van der Waals surface area contributed by atoms with Crippen molar-refractivity contribution in [1.29, 1.82) is 0 Å². The monoisotopic (exact) mass is 306 g/mol. The van der Waals surface area contributed by atoms with Crippen molar-refractivity contribution in [2.45, 2.75) is 44.9 Å². The Morgan fingerprint density at radius 2 is 2.14 bits per heavy atom. The molecule has 1 aliphatic carbocycles. The van der Waals surface area contributed by atoms with Crippen LogP contribution in [-0.2, 0) is 12.8 Å². The Bertz CT molecular complexity index is 471. The van der Waals surface area contributed by atoms with E-state index in [0.717, 1.165) is 30.9 Å².